The van der Waals surface area contributed by atoms with Crippen molar-refractivity contribution in [2.24, 2.45) is 0 Å². The first-order chi connectivity index (χ1) is 9.83. The second kappa shape index (κ2) is 5.79. The van der Waals surface area contributed by atoms with Crippen molar-refractivity contribution in [3.8, 4) is 0 Å². The Bertz CT molecular complexity index is 496. The largest absolute Gasteiger partial charge is 0.492 e. The first-order valence-electron chi connectivity index (χ1n) is 6.66. The van der Waals surface area contributed by atoms with Gasteiger partial charge in [-0.2, -0.15) is 0 Å². The van der Waals surface area contributed by atoms with E-state index >= 15 is 0 Å². The number of hydrogen-bond acceptors (Lipinski definition) is 4. The fourth-order valence-electron chi connectivity index (χ4n) is 2.57. The summed E-state index contributed by atoms with van der Waals surface area (Å²) in [5.74, 6) is 0. The highest BCUT2D eigenvalue weighted by atomic mass is 16.7. The molecule has 0 N–H and O–H groups in total. The smallest absolute Gasteiger partial charge is 0.184 e. The zero-order chi connectivity index (χ0) is 13.9. The van der Waals surface area contributed by atoms with Gasteiger partial charge < -0.3 is 18.9 Å². The van der Waals surface area contributed by atoms with Gasteiger partial charge in [-0.25, -0.2) is 0 Å². The SMILES string of the molecule is C=CC1=CO[C@@H]2COC(c3ccccc3)O[C@H]2[C@H]1OC. The normalized spacial score (nSPS) is 32.8. The average molecular weight is 274 g/mol. The molecule has 0 radical (unpaired) electrons. The summed E-state index contributed by atoms with van der Waals surface area (Å²) in [6.45, 7) is 4.26. The zero-order valence-corrected chi connectivity index (χ0v) is 11.4. The first kappa shape index (κ1) is 13.4. The third-order valence-electron chi connectivity index (χ3n) is 3.63. The quantitative estimate of drug-likeness (QED) is 0.849. The molecule has 0 amide bonds. The second-order valence-electron chi connectivity index (χ2n) is 4.83. The van der Waals surface area contributed by atoms with Crippen LogP contribution in [0.1, 0.15) is 11.9 Å². The lowest BCUT2D eigenvalue weighted by Crippen LogP contribution is -2.51. The number of methoxy groups -OCH3 is 1. The number of fused-ring (bicyclic) bond motifs is 1. The van der Waals surface area contributed by atoms with Crippen LogP contribution >= 0.6 is 0 Å². The van der Waals surface area contributed by atoms with Gasteiger partial charge in [0.2, 0.25) is 0 Å². The van der Waals surface area contributed by atoms with Crippen molar-refractivity contribution in [3.63, 3.8) is 0 Å². The summed E-state index contributed by atoms with van der Waals surface area (Å²) in [5, 5.41) is 0. The Kier molecular flexibility index (Phi) is 3.87. The van der Waals surface area contributed by atoms with Gasteiger partial charge in [0.05, 0.1) is 12.9 Å². The Balaban J connectivity index is 1.81. The van der Waals surface area contributed by atoms with Gasteiger partial charge in [0.15, 0.2) is 12.4 Å². The lowest BCUT2D eigenvalue weighted by atomic mass is 9.97. The van der Waals surface area contributed by atoms with Gasteiger partial charge in [0.1, 0.15) is 12.2 Å². The Morgan fingerprint density at radius 1 is 1.30 bits per heavy atom. The molecule has 2 aliphatic rings. The van der Waals surface area contributed by atoms with E-state index in [1.54, 1.807) is 19.4 Å². The van der Waals surface area contributed by atoms with E-state index in [0.29, 0.717) is 6.61 Å². The summed E-state index contributed by atoms with van der Waals surface area (Å²) < 4.78 is 23.0. The standard InChI is InChI=1S/C16H18O4/c1-3-11-9-18-13-10-19-16(12-7-5-4-6-8-12)20-15(13)14(11)17-2/h3-9,13-16H,1,10H2,2H3/t13-,14+,15-,16?/m1/s1. The molecule has 4 nitrogen and oxygen atoms in total. The van der Waals surface area contributed by atoms with Gasteiger partial charge in [0, 0.05) is 18.2 Å². The summed E-state index contributed by atoms with van der Waals surface area (Å²) in [4.78, 5) is 0. The molecule has 106 valence electrons. The van der Waals surface area contributed by atoms with Crippen LogP contribution in [0.15, 0.2) is 54.8 Å². The van der Waals surface area contributed by atoms with Crippen LogP contribution in [0.3, 0.4) is 0 Å². The third-order valence-corrected chi connectivity index (χ3v) is 3.63. The molecule has 3 rings (SSSR count). The zero-order valence-electron chi connectivity index (χ0n) is 11.4. The molecule has 2 heterocycles. The number of ether oxygens (including phenoxy) is 4. The minimum absolute atomic E-state index is 0.149. The molecule has 0 saturated carbocycles. The molecule has 0 aliphatic carbocycles. The van der Waals surface area contributed by atoms with Gasteiger partial charge in [0.25, 0.3) is 0 Å². The van der Waals surface area contributed by atoms with Gasteiger partial charge in [-0.1, -0.05) is 43.0 Å². The monoisotopic (exact) mass is 274 g/mol. The number of benzene rings is 1. The van der Waals surface area contributed by atoms with Crippen LogP contribution in [0.25, 0.3) is 0 Å². The molecule has 4 heteroatoms. The van der Waals surface area contributed by atoms with E-state index in [1.807, 2.05) is 30.3 Å². The van der Waals surface area contributed by atoms with Crippen LogP contribution < -0.4 is 0 Å². The van der Waals surface area contributed by atoms with Crippen LogP contribution in [0, 0.1) is 0 Å². The molecule has 20 heavy (non-hydrogen) atoms. The fraction of sp³-hybridized carbons (Fsp3) is 0.375. The van der Waals surface area contributed by atoms with E-state index < -0.39 is 0 Å². The predicted molar refractivity (Wildman–Crippen MR) is 74.0 cm³/mol. The third kappa shape index (κ3) is 2.38. The Hall–Kier alpha value is -1.62. The topological polar surface area (TPSA) is 36.9 Å². The highest BCUT2D eigenvalue weighted by molar-refractivity contribution is 5.25. The first-order valence-corrected chi connectivity index (χ1v) is 6.66. The van der Waals surface area contributed by atoms with Crippen molar-refractivity contribution >= 4 is 0 Å². The minimum Gasteiger partial charge on any atom is -0.492 e. The molecule has 1 aromatic rings. The lowest BCUT2D eigenvalue weighted by Gasteiger charge is -2.42. The summed E-state index contributed by atoms with van der Waals surface area (Å²) in [5.41, 5.74) is 1.89. The van der Waals surface area contributed by atoms with E-state index in [9.17, 15) is 0 Å². The van der Waals surface area contributed by atoms with Gasteiger partial charge in [-0.05, 0) is 0 Å². The second-order valence-corrected chi connectivity index (χ2v) is 4.83. The number of rotatable bonds is 3. The maximum atomic E-state index is 6.05. The molecule has 1 saturated heterocycles. The van der Waals surface area contributed by atoms with E-state index in [0.717, 1.165) is 11.1 Å². The molecular formula is C16H18O4. The predicted octanol–water partition coefficient (Wildman–Crippen LogP) is 2.58. The summed E-state index contributed by atoms with van der Waals surface area (Å²) >= 11 is 0. The fourth-order valence-corrected chi connectivity index (χ4v) is 2.57. The van der Waals surface area contributed by atoms with Gasteiger partial charge >= 0.3 is 0 Å². The van der Waals surface area contributed by atoms with Crippen molar-refractivity contribution < 1.29 is 18.9 Å². The highest BCUT2D eigenvalue weighted by Crippen LogP contribution is 2.34. The molecule has 2 aliphatic heterocycles. The van der Waals surface area contributed by atoms with E-state index in [-0.39, 0.29) is 24.6 Å². The van der Waals surface area contributed by atoms with Crippen LogP contribution in [0.5, 0.6) is 0 Å². The molecule has 1 aromatic carbocycles. The van der Waals surface area contributed by atoms with Crippen LogP contribution in [-0.4, -0.2) is 32.0 Å². The molecule has 1 unspecified atom stereocenters. The molecular weight excluding hydrogens is 256 g/mol. The van der Waals surface area contributed by atoms with Crippen LogP contribution in [0.2, 0.25) is 0 Å². The van der Waals surface area contributed by atoms with Crippen LogP contribution in [0.4, 0.5) is 0 Å². The van der Waals surface area contributed by atoms with Crippen molar-refractivity contribution in [1.82, 2.24) is 0 Å². The van der Waals surface area contributed by atoms with E-state index in [2.05, 4.69) is 6.58 Å². The summed E-state index contributed by atoms with van der Waals surface area (Å²) in [7, 11) is 1.67. The lowest BCUT2D eigenvalue weighted by molar-refractivity contribution is -0.279. The molecule has 0 spiro atoms. The summed E-state index contributed by atoms with van der Waals surface area (Å²) in [6.07, 6.45) is 2.50. The average Bonchev–Trinajstić information content (AvgIpc) is 2.54. The molecule has 4 atom stereocenters. The van der Waals surface area contributed by atoms with E-state index in [4.69, 9.17) is 18.9 Å². The Morgan fingerprint density at radius 3 is 2.80 bits per heavy atom. The minimum atomic E-state index is -0.386. The van der Waals surface area contributed by atoms with Gasteiger partial charge in [-0.15, -0.1) is 0 Å². The molecule has 1 fully saturated rings. The summed E-state index contributed by atoms with van der Waals surface area (Å²) in [6, 6.07) is 9.87. The van der Waals surface area contributed by atoms with Crippen molar-refractivity contribution in [2.75, 3.05) is 13.7 Å². The Labute approximate surface area is 118 Å². The van der Waals surface area contributed by atoms with Crippen LogP contribution in [-0.2, 0) is 18.9 Å². The Morgan fingerprint density at radius 2 is 2.10 bits per heavy atom. The van der Waals surface area contributed by atoms with Gasteiger partial charge in [-0.3, -0.25) is 0 Å². The highest BCUT2D eigenvalue weighted by Gasteiger charge is 2.42. The van der Waals surface area contributed by atoms with E-state index in [1.165, 1.54) is 0 Å². The molecule has 0 bridgehead atoms. The number of hydrogen-bond donors (Lipinski definition) is 0. The maximum absolute atomic E-state index is 6.05. The van der Waals surface area contributed by atoms with Crippen molar-refractivity contribution in [2.45, 2.75) is 24.6 Å². The maximum Gasteiger partial charge on any atom is 0.184 e. The van der Waals surface area contributed by atoms with Crippen molar-refractivity contribution in [1.29, 1.82) is 0 Å². The van der Waals surface area contributed by atoms with Crippen molar-refractivity contribution in [3.05, 3.63) is 60.4 Å². The molecule has 0 aromatic heterocycles.